The highest BCUT2D eigenvalue weighted by Crippen LogP contribution is 2.17. The summed E-state index contributed by atoms with van der Waals surface area (Å²) in [6.45, 7) is 4.22. The highest BCUT2D eigenvalue weighted by atomic mass is 16.5. The van der Waals surface area contributed by atoms with E-state index in [1.165, 1.54) is 0 Å². The quantitative estimate of drug-likeness (QED) is 0.824. The molecule has 1 aliphatic heterocycles. The molecule has 1 fully saturated rings. The lowest BCUT2D eigenvalue weighted by atomic mass is 10.2. The minimum absolute atomic E-state index is 0.242. The van der Waals surface area contributed by atoms with Crippen LogP contribution in [0.2, 0.25) is 0 Å². The van der Waals surface area contributed by atoms with Crippen LogP contribution >= 0.6 is 0 Å². The highest BCUT2D eigenvalue weighted by molar-refractivity contribution is 5.96. The lowest BCUT2D eigenvalue weighted by molar-refractivity contribution is -0.117. The van der Waals surface area contributed by atoms with Gasteiger partial charge in [-0.25, -0.2) is 9.78 Å². The van der Waals surface area contributed by atoms with E-state index in [4.69, 9.17) is 4.74 Å². The number of nitrogens with one attached hydrogen (secondary N) is 2. The van der Waals surface area contributed by atoms with Crippen molar-refractivity contribution in [2.24, 2.45) is 0 Å². The average molecular weight is 383 g/mol. The van der Waals surface area contributed by atoms with Gasteiger partial charge in [0, 0.05) is 44.1 Å². The number of pyridine rings is 1. The van der Waals surface area contributed by atoms with Crippen LogP contribution in [0.15, 0.2) is 48.7 Å². The number of carbonyl (C=O) groups excluding carboxylic acids is 2. The lowest BCUT2D eigenvalue weighted by Gasteiger charge is -2.35. The molecule has 0 radical (unpaired) electrons. The fourth-order valence-electron chi connectivity index (χ4n) is 2.97. The summed E-state index contributed by atoms with van der Waals surface area (Å²) in [5.41, 5.74) is 0.620. The molecule has 3 amide bonds. The van der Waals surface area contributed by atoms with Gasteiger partial charge in [0.15, 0.2) is 0 Å². The van der Waals surface area contributed by atoms with Gasteiger partial charge in [0.1, 0.15) is 17.6 Å². The number of hydrogen-bond donors (Lipinski definition) is 2. The second-order valence-corrected chi connectivity index (χ2v) is 6.55. The first kappa shape index (κ1) is 19.5. The van der Waals surface area contributed by atoms with E-state index < -0.39 is 6.04 Å². The smallest absolute Gasteiger partial charge is 0.318 e. The fraction of sp³-hybridized carbons (Fsp3) is 0.350. The van der Waals surface area contributed by atoms with Crippen LogP contribution in [-0.2, 0) is 4.79 Å². The van der Waals surface area contributed by atoms with E-state index in [0.29, 0.717) is 37.6 Å². The number of aromatic nitrogens is 1. The van der Waals surface area contributed by atoms with E-state index >= 15 is 0 Å². The Balaban J connectivity index is 1.48. The van der Waals surface area contributed by atoms with Gasteiger partial charge in [-0.3, -0.25) is 4.79 Å². The Kier molecular flexibility index (Phi) is 6.31. The molecule has 2 heterocycles. The number of anilines is 2. The Bertz CT molecular complexity index is 806. The van der Waals surface area contributed by atoms with Crippen LogP contribution in [0.4, 0.5) is 16.3 Å². The molecule has 2 aromatic rings. The van der Waals surface area contributed by atoms with Crippen molar-refractivity contribution < 1.29 is 14.3 Å². The molecule has 1 atom stereocenters. The zero-order chi connectivity index (χ0) is 19.9. The number of methoxy groups -OCH3 is 1. The van der Waals surface area contributed by atoms with Crippen LogP contribution in [-0.4, -0.2) is 61.2 Å². The summed E-state index contributed by atoms with van der Waals surface area (Å²) in [6.07, 6.45) is 1.76. The van der Waals surface area contributed by atoms with E-state index in [-0.39, 0.29) is 11.9 Å². The van der Waals surface area contributed by atoms with Crippen LogP contribution in [0.3, 0.4) is 0 Å². The standard InChI is InChI=1S/C20H25N5O3/c1-15(19(26)23-16-6-5-7-17(14-16)28-2)22-20(27)25-12-10-24(11-13-25)18-8-3-4-9-21-18/h3-9,14-15H,10-13H2,1-2H3,(H,22,27)(H,23,26). The summed E-state index contributed by atoms with van der Waals surface area (Å²) in [5, 5.41) is 5.55. The van der Waals surface area contributed by atoms with Crippen molar-refractivity contribution in [3.8, 4) is 5.75 Å². The van der Waals surface area contributed by atoms with Gasteiger partial charge in [0.05, 0.1) is 7.11 Å². The molecule has 1 aromatic carbocycles. The van der Waals surface area contributed by atoms with Crippen molar-refractivity contribution in [3.63, 3.8) is 0 Å². The third kappa shape index (κ3) is 4.91. The van der Waals surface area contributed by atoms with E-state index in [9.17, 15) is 9.59 Å². The fourth-order valence-corrected chi connectivity index (χ4v) is 2.97. The Hall–Kier alpha value is -3.29. The van der Waals surface area contributed by atoms with Crippen molar-refractivity contribution in [1.29, 1.82) is 0 Å². The molecule has 2 N–H and O–H groups in total. The molecule has 0 aliphatic carbocycles. The molecule has 0 saturated carbocycles. The average Bonchev–Trinajstić information content (AvgIpc) is 2.74. The second-order valence-electron chi connectivity index (χ2n) is 6.55. The van der Waals surface area contributed by atoms with Crippen LogP contribution in [0, 0.1) is 0 Å². The van der Waals surface area contributed by atoms with E-state index in [2.05, 4.69) is 20.5 Å². The van der Waals surface area contributed by atoms with Gasteiger partial charge in [-0.1, -0.05) is 12.1 Å². The van der Waals surface area contributed by atoms with Crippen LogP contribution in [0.1, 0.15) is 6.92 Å². The molecule has 0 spiro atoms. The molecule has 28 heavy (non-hydrogen) atoms. The number of rotatable bonds is 5. The van der Waals surface area contributed by atoms with Gasteiger partial charge in [-0.15, -0.1) is 0 Å². The van der Waals surface area contributed by atoms with Gasteiger partial charge in [0.2, 0.25) is 5.91 Å². The number of amides is 3. The molecule has 1 aromatic heterocycles. The zero-order valence-corrected chi connectivity index (χ0v) is 16.1. The molecule has 0 bridgehead atoms. The molecule has 1 unspecified atom stereocenters. The van der Waals surface area contributed by atoms with Gasteiger partial charge >= 0.3 is 6.03 Å². The summed E-state index contributed by atoms with van der Waals surface area (Å²) < 4.78 is 5.15. The summed E-state index contributed by atoms with van der Waals surface area (Å²) in [6, 6.07) is 12.0. The third-order valence-corrected chi connectivity index (χ3v) is 4.61. The maximum Gasteiger partial charge on any atom is 0.318 e. The molecule has 148 valence electrons. The Morgan fingerprint density at radius 3 is 2.57 bits per heavy atom. The summed E-state index contributed by atoms with van der Waals surface area (Å²) in [4.78, 5) is 33.1. The van der Waals surface area contributed by atoms with Crippen molar-refractivity contribution in [2.75, 3.05) is 43.5 Å². The number of benzene rings is 1. The first-order valence-corrected chi connectivity index (χ1v) is 9.23. The Labute approximate surface area is 164 Å². The molecule has 1 saturated heterocycles. The number of nitrogens with zero attached hydrogens (tertiary/aromatic N) is 3. The molecular weight excluding hydrogens is 358 g/mol. The molecular formula is C20H25N5O3. The van der Waals surface area contributed by atoms with Gasteiger partial charge < -0.3 is 25.2 Å². The number of piperazine rings is 1. The van der Waals surface area contributed by atoms with E-state index in [1.54, 1.807) is 49.4 Å². The summed E-state index contributed by atoms with van der Waals surface area (Å²) in [7, 11) is 1.57. The molecule has 8 nitrogen and oxygen atoms in total. The first-order valence-electron chi connectivity index (χ1n) is 9.23. The van der Waals surface area contributed by atoms with E-state index in [0.717, 1.165) is 5.82 Å². The summed E-state index contributed by atoms with van der Waals surface area (Å²) >= 11 is 0. The minimum atomic E-state index is -0.660. The topological polar surface area (TPSA) is 86.8 Å². The summed E-state index contributed by atoms with van der Waals surface area (Å²) in [5.74, 6) is 1.28. The Morgan fingerprint density at radius 1 is 1.11 bits per heavy atom. The predicted molar refractivity (Wildman–Crippen MR) is 108 cm³/mol. The van der Waals surface area contributed by atoms with Crippen molar-refractivity contribution in [1.82, 2.24) is 15.2 Å². The van der Waals surface area contributed by atoms with Crippen LogP contribution < -0.4 is 20.3 Å². The molecule has 3 rings (SSSR count). The molecule has 1 aliphatic rings. The van der Waals surface area contributed by atoms with Gasteiger partial charge in [-0.05, 0) is 31.2 Å². The van der Waals surface area contributed by atoms with E-state index in [1.807, 2.05) is 18.2 Å². The van der Waals surface area contributed by atoms with Crippen molar-refractivity contribution in [2.45, 2.75) is 13.0 Å². The van der Waals surface area contributed by atoms with Gasteiger partial charge in [-0.2, -0.15) is 0 Å². The highest BCUT2D eigenvalue weighted by Gasteiger charge is 2.24. The van der Waals surface area contributed by atoms with Crippen LogP contribution in [0.5, 0.6) is 5.75 Å². The third-order valence-electron chi connectivity index (χ3n) is 4.61. The number of hydrogen-bond acceptors (Lipinski definition) is 5. The zero-order valence-electron chi connectivity index (χ0n) is 16.1. The SMILES string of the molecule is COc1cccc(NC(=O)C(C)NC(=O)N2CCN(c3ccccn3)CC2)c1. The second kappa shape index (κ2) is 9.07. The Morgan fingerprint density at radius 2 is 1.89 bits per heavy atom. The van der Waals surface area contributed by atoms with Crippen molar-refractivity contribution in [3.05, 3.63) is 48.7 Å². The number of carbonyl (C=O) groups is 2. The normalized spacial score (nSPS) is 14.9. The lowest BCUT2D eigenvalue weighted by Crippen LogP contribution is -2.54. The van der Waals surface area contributed by atoms with Gasteiger partial charge in [0.25, 0.3) is 0 Å². The van der Waals surface area contributed by atoms with Crippen molar-refractivity contribution >= 4 is 23.4 Å². The molecule has 8 heteroatoms. The predicted octanol–water partition coefficient (Wildman–Crippen LogP) is 1.95. The monoisotopic (exact) mass is 383 g/mol. The number of urea groups is 1. The largest absolute Gasteiger partial charge is 0.497 e. The number of ether oxygens (including phenoxy) is 1. The minimum Gasteiger partial charge on any atom is -0.497 e. The van der Waals surface area contributed by atoms with Crippen LogP contribution in [0.25, 0.3) is 0 Å². The first-order chi connectivity index (χ1) is 13.6. The maximum atomic E-state index is 12.5. The maximum absolute atomic E-state index is 12.5.